The standard InChI is InChI=1S/C58H40N2O2/c1-38-32-44(37-52(59-38)40-18-15-19-41(33-40)53-35-43(39-16-5-2-6-17-39)36-54(60-53)49-25-12-14-27-55(49)61)57-31-30-56(62-57)42-28-29-48-47-24-11-13-26-50(47)58(51(48)34-42,45-20-7-3-8-21-45)46-22-9-4-10-23-46/h2-37,61H,1H3. The summed E-state index contributed by atoms with van der Waals surface area (Å²) in [6.45, 7) is 2.02. The number of fused-ring (bicyclic) bond motifs is 3. The van der Waals surface area contributed by atoms with Crippen LogP contribution in [0.5, 0.6) is 5.75 Å². The predicted octanol–water partition coefficient (Wildman–Crippen LogP) is 14.4. The van der Waals surface area contributed by atoms with Gasteiger partial charge in [0.25, 0.3) is 0 Å². The Morgan fingerprint density at radius 3 is 1.63 bits per heavy atom. The lowest BCUT2D eigenvalue weighted by atomic mass is 9.67. The maximum atomic E-state index is 10.8. The van der Waals surface area contributed by atoms with Crippen LogP contribution in [0, 0.1) is 6.92 Å². The Morgan fingerprint density at radius 1 is 0.371 bits per heavy atom. The molecule has 4 heteroatoms. The van der Waals surface area contributed by atoms with Crippen molar-refractivity contribution >= 4 is 0 Å². The zero-order chi connectivity index (χ0) is 41.6. The first-order valence-electron chi connectivity index (χ1n) is 20.9. The summed E-state index contributed by atoms with van der Waals surface area (Å²) in [5.41, 5.74) is 16.9. The van der Waals surface area contributed by atoms with Crippen LogP contribution in [0.1, 0.15) is 27.9 Å². The number of phenols is 1. The summed E-state index contributed by atoms with van der Waals surface area (Å²) in [6, 6.07) is 75.7. The second-order valence-corrected chi connectivity index (χ2v) is 15.9. The number of aryl methyl sites for hydroxylation is 1. The number of rotatable bonds is 8. The molecule has 1 aliphatic carbocycles. The van der Waals surface area contributed by atoms with Gasteiger partial charge in [-0.2, -0.15) is 0 Å². The number of hydrogen-bond donors (Lipinski definition) is 1. The molecule has 62 heavy (non-hydrogen) atoms. The molecule has 0 radical (unpaired) electrons. The summed E-state index contributed by atoms with van der Waals surface area (Å²) in [6.07, 6.45) is 0. The van der Waals surface area contributed by atoms with E-state index in [0.29, 0.717) is 11.3 Å². The number of hydrogen-bond acceptors (Lipinski definition) is 4. The molecule has 4 nitrogen and oxygen atoms in total. The van der Waals surface area contributed by atoms with Gasteiger partial charge >= 0.3 is 0 Å². The van der Waals surface area contributed by atoms with E-state index in [0.717, 1.165) is 62.0 Å². The van der Waals surface area contributed by atoms with Crippen molar-refractivity contribution in [3.63, 3.8) is 0 Å². The lowest BCUT2D eigenvalue weighted by Crippen LogP contribution is -2.28. The highest BCUT2D eigenvalue weighted by molar-refractivity contribution is 5.88. The molecule has 11 rings (SSSR count). The largest absolute Gasteiger partial charge is 0.507 e. The Bertz CT molecular complexity index is 3220. The van der Waals surface area contributed by atoms with Crippen molar-refractivity contribution in [3.8, 4) is 84.4 Å². The normalized spacial score (nSPS) is 12.5. The summed E-state index contributed by atoms with van der Waals surface area (Å²) in [5.74, 6) is 1.77. The van der Waals surface area contributed by atoms with Crippen molar-refractivity contribution in [2.24, 2.45) is 0 Å². The minimum absolute atomic E-state index is 0.191. The van der Waals surface area contributed by atoms with Gasteiger partial charge in [-0.15, -0.1) is 0 Å². The molecule has 0 unspecified atom stereocenters. The van der Waals surface area contributed by atoms with Gasteiger partial charge in [-0.05, 0) is 112 Å². The summed E-state index contributed by atoms with van der Waals surface area (Å²) >= 11 is 0. The third-order valence-electron chi connectivity index (χ3n) is 12.2. The predicted molar refractivity (Wildman–Crippen MR) is 251 cm³/mol. The van der Waals surface area contributed by atoms with Crippen LogP contribution in [-0.4, -0.2) is 15.1 Å². The number of furan rings is 1. The molecule has 0 saturated carbocycles. The summed E-state index contributed by atoms with van der Waals surface area (Å²) in [7, 11) is 0. The molecule has 7 aromatic carbocycles. The van der Waals surface area contributed by atoms with Gasteiger partial charge in [-0.1, -0.05) is 158 Å². The van der Waals surface area contributed by atoms with Crippen molar-refractivity contribution in [1.82, 2.24) is 9.97 Å². The van der Waals surface area contributed by atoms with E-state index < -0.39 is 5.41 Å². The van der Waals surface area contributed by atoms with E-state index in [2.05, 4.69) is 164 Å². The lowest BCUT2D eigenvalue weighted by molar-refractivity contribution is 0.477. The van der Waals surface area contributed by atoms with E-state index in [1.165, 1.54) is 33.4 Å². The molecule has 10 aromatic rings. The molecule has 0 atom stereocenters. The number of aromatic hydroxyl groups is 1. The van der Waals surface area contributed by atoms with Gasteiger partial charge in [0.05, 0.1) is 22.5 Å². The zero-order valence-electron chi connectivity index (χ0n) is 34.0. The van der Waals surface area contributed by atoms with E-state index in [1.54, 1.807) is 6.07 Å². The lowest BCUT2D eigenvalue weighted by Gasteiger charge is -2.34. The Labute approximate surface area is 361 Å². The van der Waals surface area contributed by atoms with Gasteiger partial charge in [-0.3, -0.25) is 4.98 Å². The Morgan fingerprint density at radius 2 is 0.919 bits per heavy atom. The maximum absolute atomic E-state index is 10.8. The molecule has 0 saturated heterocycles. The maximum Gasteiger partial charge on any atom is 0.134 e. The molecule has 0 spiro atoms. The van der Waals surface area contributed by atoms with Gasteiger partial charge in [0, 0.05) is 33.5 Å². The number of pyridine rings is 2. The molecule has 0 bridgehead atoms. The Kier molecular flexibility index (Phi) is 9.05. The minimum Gasteiger partial charge on any atom is -0.507 e. The van der Waals surface area contributed by atoms with E-state index >= 15 is 0 Å². The van der Waals surface area contributed by atoms with Crippen LogP contribution in [0.3, 0.4) is 0 Å². The fourth-order valence-corrected chi connectivity index (χ4v) is 9.35. The van der Waals surface area contributed by atoms with E-state index in [9.17, 15) is 5.11 Å². The fraction of sp³-hybridized carbons (Fsp3) is 0.0345. The quantitative estimate of drug-likeness (QED) is 0.166. The third kappa shape index (κ3) is 6.32. The number of benzene rings is 7. The number of para-hydroxylation sites is 1. The van der Waals surface area contributed by atoms with Crippen LogP contribution < -0.4 is 0 Å². The van der Waals surface area contributed by atoms with Gasteiger partial charge in [0.1, 0.15) is 17.3 Å². The van der Waals surface area contributed by atoms with Crippen LogP contribution in [0.2, 0.25) is 0 Å². The second kappa shape index (κ2) is 15.2. The van der Waals surface area contributed by atoms with Crippen molar-refractivity contribution < 1.29 is 9.52 Å². The van der Waals surface area contributed by atoms with Gasteiger partial charge in [0.15, 0.2) is 0 Å². The van der Waals surface area contributed by atoms with Crippen LogP contribution in [-0.2, 0) is 5.41 Å². The molecular weight excluding hydrogens is 757 g/mol. The van der Waals surface area contributed by atoms with Crippen LogP contribution in [0.15, 0.2) is 223 Å². The first kappa shape index (κ1) is 37.0. The van der Waals surface area contributed by atoms with Crippen molar-refractivity contribution in [3.05, 3.63) is 246 Å². The van der Waals surface area contributed by atoms with Crippen molar-refractivity contribution in [2.75, 3.05) is 0 Å². The van der Waals surface area contributed by atoms with Crippen molar-refractivity contribution in [2.45, 2.75) is 12.3 Å². The Hall–Kier alpha value is -8.08. The molecule has 0 amide bonds. The number of nitrogens with zero attached hydrogens (tertiary/aromatic N) is 2. The average molecular weight is 797 g/mol. The molecule has 294 valence electrons. The highest BCUT2D eigenvalue weighted by Crippen LogP contribution is 2.56. The van der Waals surface area contributed by atoms with Crippen LogP contribution in [0.4, 0.5) is 0 Å². The van der Waals surface area contributed by atoms with E-state index in [1.807, 2.05) is 55.5 Å². The van der Waals surface area contributed by atoms with E-state index in [-0.39, 0.29) is 5.75 Å². The molecule has 3 aromatic heterocycles. The van der Waals surface area contributed by atoms with Gasteiger partial charge in [-0.25, -0.2) is 4.98 Å². The summed E-state index contributed by atoms with van der Waals surface area (Å²) in [4.78, 5) is 10.1. The molecule has 0 aliphatic heterocycles. The van der Waals surface area contributed by atoms with Crippen LogP contribution >= 0.6 is 0 Å². The van der Waals surface area contributed by atoms with Gasteiger partial charge in [0.2, 0.25) is 0 Å². The van der Waals surface area contributed by atoms with Gasteiger partial charge < -0.3 is 9.52 Å². The van der Waals surface area contributed by atoms with Crippen LogP contribution in [0.25, 0.3) is 78.7 Å². The monoisotopic (exact) mass is 796 g/mol. The fourth-order valence-electron chi connectivity index (χ4n) is 9.35. The minimum atomic E-state index is -0.491. The van der Waals surface area contributed by atoms with E-state index in [4.69, 9.17) is 14.4 Å². The SMILES string of the molecule is Cc1cc(-c2ccc(-c3ccc4c(c3)C(c3ccccc3)(c3ccccc3)c3ccccc3-4)o2)cc(-c2cccc(-c3cc(-c4ccccc4)cc(-c4ccccc4O)n3)c2)n1. The smallest absolute Gasteiger partial charge is 0.134 e. The third-order valence-corrected chi connectivity index (χ3v) is 12.2. The highest BCUT2D eigenvalue weighted by Gasteiger charge is 2.46. The second-order valence-electron chi connectivity index (χ2n) is 15.9. The molecule has 0 fully saturated rings. The number of aromatic nitrogens is 2. The molecule has 1 aliphatic rings. The topological polar surface area (TPSA) is 59.2 Å². The molecular formula is C58H40N2O2. The average Bonchev–Trinajstić information content (AvgIpc) is 3.95. The molecule has 3 heterocycles. The summed E-state index contributed by atoms with van der Waals surface area (Å²) < 4.78 is 6.77. The highest BCUT2D eigenvalue weighted by atomic mass is 16.3. The first-order chi connectivity index (χ1) is 30.5. The summed E-state index contributed by atoms with van der Waals surface area (Å²) in [5, 5.41) is 10.8. The zero-order valence-corrected chi connectivity index (χ0v) is 34.0. The Balaban J connectivity index is 0.972. The van der Waals surface area contributed by atoms with Crippen molar-refractivity contribution in [1.29, 1.82) is 0 Å². The molecule has 1 N–H and O–H groups in total. The first-order valence-corrected chi connectivity index (χ1v) is 20.9. The number of phenolic OH excluding ortho intramolecular Hbond substituents is 1.